The van der Waals surface area contributed by atoms with Gasteiger partial charge in [-0.2, -0.15) is 0 Å². The molecule has 1 heterocycles. The van der Waals surface area contributed by atoms with Crippen LogP contribution in [0.4, 0.5) is 5.69 Å². The van der Waals surface area contributed by atoms with E-state index >= 15 is 0 Å². The van der Waals surface area contributed by atoms with Crippen molar-refractivity contribution in [2.75, 3.05) is 19.8 Å². The van der Waals surface area contributed by atoms with E-state index in [9.17, 15) is 14.9 Å². The fraction of sp³-hybridized carbons (Fsp3) is 0.562. The minimum atomic E-state index is -0.651. The minimum absolute atomic E-state index is 0.0328. The molecule has 1 saturated heterocycles. The van der Waals surface area contributed by atoms with Gasteiger partial charge in [-0.15, -0.1) is 0 Å². The number of carbonyl (C=O) groups excluding carboxylic acids is 1. The first kappa shape index (κ1) is 15.9. The minimum Gasteiger partial charge on any atom is -0.381 e. The lowest BCUT2D eigenvalue weighted by Gasteiger charge is -2.24. The third kappa shape index (κ3) is 3.86. The Morgan fingerprint density at radius 3 is 2.74 bits per heavy atom. The highest BCUT2D eigenvalue weighted by Crippen LogP contribution is 2.32. The van der Waals surface area contributed by atoms with Crippen LogP contribution in [0.3, 0.4) is 0 Å². The van der Waals surface area contributed by atoms with Crippen molar-refractivity contribution in [2.24, 2.45) is 11.7 Å². The Morgan fingerprint density at radius 2 is 2.17 bits per heavy atom. The molecule has 2 aliphatic rings. The molecular formula is C16H21N3O4. The average Bonchev–Trinajstić information content (AvgIpc) is 3.24. The van der Waals surface area contributed by atoms with Gasteiger partial charge in [-0.25, -0.2) is 0 Å². The lowest BCUT2D eigenvalue weighted by Crippen LogP contribution is -2.31. The second-order valence-corrected chi connectivity index (χ2v) is 6.36. The quantitative estimate of drug-likeness (QED) is 0.609. The first-order valence-electron chi connectivity index (χ1n) is 7.93. The van der Waals surface area contributed by atoms with Gasteiger partial charge in [0.25, 0.3) is 5.69 Å². The average molecular weight is 319 g/mol. The van der Waals surface area contributed by atoms with Crippen LogP contribution < -0.4 is 5.73 Å². The van der Waals surface area contributed by atoms with Crippen LogP contribution in [0.15, 0.2) is 18.2 Å². The topological polar surface area (TPSA) is 98.7 Å². The molecule has 124 valence electrons. The number of ether oxygens (including phenoxy) is 1. The highest BCUT2D eigenvalue weighted by Gasteiger charge is 2.33. The number of carbonyl (C=O) groups is 1. The van der Waals surface area contributed by atoms with Crippen molar-refractivity contribution in [3.63, 3.8) is 0 Å². The Bertz CT molecular complexity index is 609. The van der Waals surface area contributed by atoms with Crippen LogP contribution in [0.2, 0.25) is 0 Å². The standard InChI is InChI=1S/C16H21N3O4/c17-16(20)12-1-2-13(15(7-12)19(21)22)9-18(14-3-4-14)8-11-5-6-23-10-11/h1-2,7,11,14H,3-6,8-10H2,(H2,17,20). The van der Waals surface area contributed by atoms with Gasteiger partial charge in [0.1, 0.15) is 0 Å². The molecule has 1 saturated carbocycles. The maximum Gasteiger partial charge on any atom is 0.274 e. The van der Waals surface area contributed by atoms with Gasteiger partial charge in [-0.3, -0.25) is 19.8 Å². The Hall–Kier alpha value is -1.99. The zero-order valence-corrected chi connectivity index (χ0v) is 12.9. The van der Waals surface area contributed by atoms with E-state index in [1.165, 1.54) is 6.07 Å². The van der Waals surface area contributed by atoms with E-state index in [0.717, 1.165) is 39.0 Å². The van der Waals surface area contributed by atoms with Crippen LogP contribution in [-0.4, -0.2) is 41.5 Å². The summed E-state index contributed by atoms with van der Waals surface area (Å²) in [5, 5.41) is 11.3. The summed E-state index contributed by atoms with van der Waals surface area (Å²) in [6.45, 7) is 3.00. The number of nitrogens with two attached hydrogens (primary N) is 1. The van der Waals surface area contributed by atoms with Gasteiger partial charge in [-0.1, -0.05) is 6.07 Å². The molecule has 1 aliphatic carbocycles. The molecule has 7 heteroatoms. The number of rotatable bonds is 7. The summed E-state index contributed by atoms with van der Waals surface area (Å²) < 4.78 is 5.43. The van der Waals surface area contributed by atoms with Crippen molar-refractivity contribution in [3.8, 4) is 0 Å². The molecule has 1 unspecified atom stereocenters. The van der Waals surface area contributed by atoms with Gasteiger partial charge in [-0.05, 0) is 31.2 Å². The lowest BCUT2D eigenvalue weighted by atomic mass is 10.1. The first-order valence-corrected chi connectivity index (χ1v) is 7.93. The van der Waals surface area contributed by atoms with E-state index in [1.807, 2.05) is 0 Å². The number of primary amides is 1. The molecule has 1 aromatic carbocycles. The lowest BCUT2D eigenvalue weighted by molar-refractivity contribution is -0.385. The highest BCUT2D eigenvalue weighted by atomic mass is 16.6. The van der Waals surface area contributed by atoms with Gasteiger partial charge < -0.3 is 10.5 Å². The Kier molecular flexibility index (Phi) is 4.58. The zero-order chi connectivity index (χ0) is 16.4. The maximum absolute atomic E-state index is 11.3. The molecule has 1 amide bonds. The molecule has 23 heavy (non-hydrogen) atoms. The monoisotopic (exact) mass is 319 g/mol. The smallest absolute Gasteiger partial charge is 0.274 e. The summed E-state index contributed by atoms with van der Waals surface area (Å²) in [5.41, 5.74) is 5.98. The molecule has 2 N–H and O–H groups in total. The van der Waals surface area contributed by atoms with E-state index in [4.69, 9.17) is 10.5 Å². The normalized spacial score (nSPS) is 20.8. The molecule has 0 bridgehead atoms. The summed E-state index contributed by atoms with van der Waals surface area (Å²) >= 11 is 0. The van der Waals surface area contributed by atoms with Gasteiger partial charge in [0.15, 0.2) is 0 Å². The van der Waals surface area contributed by atoms with Crippen LogP contribution in [0.5, 0.6) is 0 Å². The van der Waals surface area contributed by atoms with Crippen LogP contribution in [0.1, 0.15) is 35.2 Å². The molecule has 0 spiro atoms. The highest BCUT2D eigenvalue weighted by molar-refractivity contribution is 5.93. The van der Waals surface area contributed by atoms with Crippen LogP contribution in [-0.2, 0) is 11.3 Å². The molecule has 3 rings (SSSR count). The SMILES string of the molecule is NC(=O)c1ccc(CN(CC2CCOC2)C2CC2)c([N+](=O)[O-])c1. The molecule has 1 aromatic rings. The number of benzene rings is 1. The maximum atomic E-state index is 11.3. The Balaban J connectivity index is 1.78. The molecule has 7 nitrogen and oxygen atoms in total. The second kappa shape index (κ2) is 6.64. The Morgan fingerprint density at radius 1 is 1.39 bits per heavy atom. The fourth-order valence-electron chi connectivity index (χ4n) is 3.08. The molecule has 1 aliphatic heterocycles. The summed E-state index contributed by atoms with van der Waals surface area (Å²) in [4.78, 5) is 24.4. The van der Waals surface area contributed by atoms with E-state index < -0.39 is 10.8 Å². The van der Waals surface area contributed by atoms with Crippen LogP contribution >= 0.6 is 0 Å². The number of nitro groups is 1. The van der Waals surface area contributed by atoms with E-state index in [1.54, 1.807) is 12.1 Å². The molecular weight excluding hydrogens is 298 g/mol. The van der Waals surface area contributed by atoms with Crippen molar-refractivity contribution in [1.82, 2.24) is 4.90 Å². The van der Waals surface area contributed by atoms with E-state index in [0.29, 0.717) is 24.1 Å². The third-order valence-corrected chi connectivity index (χ3v) is 4.52. The van der Waals surface area contributed by atoms with Gasteiger partial charge in [0, 0.05) is 42.9 Å². The van der Waals surface area contributed by atoms with E-state index in [-0.39, 0.29) is 11.3 Å². The predicted octanol–water partition coefficient (Wildman–Crippen LogP) is 1.69. The number of nitro benzene ring substituents is 1. The molecule has 1 atom stereocenters. The largest absolute Gasteiger partial charge is 0.381 e. The second-order valence-electron chi connectivity index (χ2n) is 6.36. The van der Waals surface area contributed by atoms with E-state index in [2.05, 4.69) is 4.90 Å². The molecule has 0 aromatic heterocycles. The summed E-state index contributed by atoms with van der Waals surface area (Å²) in [5.74, 6) is -0.152. The predicted molar refractivity (Wildman–Crippen MR) is 84.0 cm³/mol. The number of amides is 1. The van der Waals surface area contributed by atoms with Crippen molar-refractivity contribution in [2.45, 2.75) is 31.8 Å². The van der Waals surface area contributed by atoms with Gasteiger partial charge >= 0.3 is 0 Å². The number of hydrogen-bond acceptors (Lipinski definition) is 5. The van der Waals surface area contributed by atoms with Gasteiger partial charge in [0.2, 0.25) is 5.91 Å². The van der Waals surface area contributed by atoms with Crippen molar-refractivity contribution in [1.29, 1.82) is 0 Å². The number of nitrogens with zero attached hydrogens (tertiary/aromatic N) is 2. The zero-order valence-electron chi connectivity index (χ0n) is 12.9. The van der Waals surface area contributed by atoms with Gasteiger partial charge in [0.05, 0.1) is 11.5 Å². The molecule has 0 radical (unpaired) electrons. The van der Waals surface area contributed by atoms with Crippen molar-refractivity contribution < 1.29 is 14.5 Å². The van der Waals surface area contributed by atoms with Crippen molar-refractivity contribution in [3.05, 3.63) is 39.4 Å². The fourth-order valence-corrected chi connectivity index (χ4v) is 3.08. The van der Waals surface area contributed by atoms with Crippen molar-refractivity contribution >= 4 is 11.6 Å². The summed E-state index contributed by atoms with van der Waals surface area (Å²) in [6.07, 6.45) is 3.33. The van der Waals surface area contributed by atoms with Crippen LogP contribution in [0.25, 0.3) is 0 Å². The summed E-state index contributed by atoms with van der Waals surface area (Å²) in [6, 6.07) is 5.00. The summed E-state index contributed by atoms with van der Waals surface area (Å²) in [7, 11) is 0. The first-order chi connectivity index (χ1) is 11.0. The molecule has 2 fully saturated rings. The Labute approximate surface area is 134 Å². The third-order valence-electron chi connectivity index (χ3n) is 4.52. The van der Waals surface area contributed by atoms with Crippen LogP contribution in [0, 0.1) is 16.0 Å². The number of hydrogen-bond donors (Lipinski definition) is 1.